The van der Waals surface area contributed by atoms with Crippen molar-refractivity contribution in [1.29, 1.82) is 0 Å². The molecule has 102 valence electrons. The molecule has 2 aromatic carbocycles. The third-order valence-corrected chi connectivity index (χ3v) is 3.55. The summed E-state index contributed by atoms with van der Waals surface area (Å²) in [7, 11) is 1.65. The number of benzene rings is 2. The van der Waals surface area contributed by atoms with E-state index in [0.717, 1.165) is 22.1 Å². The van der Waals surface area contributed by atoms with Gasteiger partial charge in [-0.3, -0.25) is 0 Å². The van der Waals surface area contributed by atoms with Crippen LogP contribution in [0.5, 0.6) is 5.75 Å². The minimum Gasteiger partial charge on any atom is -0.497 e. The van der Waals surface area contributed by atoms with Gasteiger partial charge in [0.2, 0.25) is 0 Å². The summed E-state index contributed by atoms with van der Waals surface area (Å²) in [6, 6.07) is 11.5. The molecule has 19 heavy (non-hydrogen) atoms. The van der Waals surface area contributed by atoms with Gasteiger partial charge < -0.3 is 15.6 Å². The molecule has 0 bridgehead atoms. The molecule has 0 aromatic heterocycles. The maximum atomic E-state index is 10.3. The van der Waals surface area contributed by atoms with E-state index in [-0.39, 0.29) is 12.0 Å². The van der Waals surface area contributed by atoms with Gasteiger partial charge in [0.25, 0.3) is 0 Å². The fraction of sp³-hybridized carbons (Fsp3) is 0.375. The van der Waals surface area contributed by atoms with Crippen LogP contribution in [0.3, 0.4) is 0 Å². The van der Waals surface area contributed by atoms with Gasteiger partial charge in [0.15, 0.2) is 0 Å². The largest absolute Gasteiger partial charge is 0.497 e. The molecular formula is C16H21NO2. The van der Waals surface area contributed by atoms with Crippen LogP contribution in [0.1, 0.15) is 25.5 Å². The van der Waals surface area contributed by atoms with E-state index >= 15 is 0 Å². The molecule has 3 nitrogen and oxygen atoms in total. The second kappa shape index (κ2) is 5.59. The second-order valence-corrected chi connectivity index (χ2v) is 5.24. The van der Waals surface area contributed by atoms with Crippen LogP contribution in [0.15, 0.2) is 36.4 Å². The Bertz CT molecular complexity index is 566. The molecule has 2 rings (SSSR count). The Morgan fingerprint density at radius 2 is 1.68 bits per heavy atom. The van der Waals surface area contributed by atoms with E-state index in [1.807, 2.05) is 50.2 Å². The summed E-state index contributed by atoms with van der Waals surface area (Å²) in [6.07, 6.45) is -0.633. The molecule has 0 saturated carbocycles. The van der Waals surface area contributed by atoms with Gasteiger partial charge in [-0.25, -0.2) is 0 Å². The van der Waals surface area contributed by atoms with Crippen molar-refractivity contribution in [2.24, 2.45) is 11.7 Å². The van der Waals surface area contributed by atoms with Crippen molar-refractivity contribution in [1.82, 2.24) is 0 Å². The van der Waals surface area contributed by atoms with Crippen LogP contribution in [0.4, 0.5) is 0 Å². The normalized spacial score (nSPS) is 14.6. The van der Waals surface area contributed by atoms with Crippen LogP contribution < -0.4 is 10.5 Å². The summed E-state index contributed by atoms with van der Waals surface area (Å²) in [4.78, 5) is 0. The van der Waals surface area contributed by atoms with Crippen LogP contribution in [0.25, 0.3) is 10.8 Å². The molecule has 0 aliphatic heterocycles. The molecule has 0 spiro atoms. The number of hydrogen-bond donors (Lipinski definition) is 2. The van der Waals surface area contributed by atoms with Gasteiger partial charge in [-0.05, 0) is 40.5 Å². The van der Waals surface area contributed by atoms with E-state index in [1.165, 1.54) is 0 Å². The molecular weight excluding hydrogens is 238 g/mol. The van der Waals surface area contributed by atoms with E-state index in [0.29, 0.717) is 0 Å². The molecule has 2 atom stereocenters. The summed E-state index contributed by atoms with van der Waals surface area (Å²) in [5.74, 6) is 1.07. The van der Waals surface area contributed by atoms with Gasteiger partial charge in [-0.1, -0.05) is 32.0 Å². The van der Waals surface area contributed by atoms with Crippen molar-refractivity contribution < 1.29 is 9.84 Å². The monoisotopic (exact) mass is 259 g/mol. The summed E-state index contributed by atoms with van der Waals surface area (Å²) in [5, 5.41) is 12.4. The Hall–Kier alpha value is -1.58. The first-order valence-corrected chi connectivity index (χ1v) is 6.54. The van der Waals surface area contributed by atoms with E-state index in [4.69, 9.17) is 10.5 Å². The topological polar surface area (TPSA) is 55.5 Å². The summed E-state index contributed by atoms with van der Waals surface area (Å²) in [5.41, 5.74) is 6.87. The number of hydrogen-bond acceptors (Lipinski definition) is 3. The highest BCUT2D eigenvalue weighted by atomic mass is 16.5. The lowest BCUT2D eigenvalue weighted by atomic mass is 9.93. The lowest BCUT2D eigenvalue weighted by molar-refractivity contribution is 0.126. The number of methoxy groups -OCH3 is 1. The zero-order valence-electron chi connectivity index (χ0n) is 11.6. The minimum atomic E-state index is -0.633. The summed E-state index contributed by atoms with van der Waals surface area (Å²) in [6.45, 7) is 4.03. The second-order valence-electron chi connectivity index (χ2n) is 5.24. The number of fused-ring (bicyclic) bond motifs is 1. The van der Waals surface area contributed by atoms with Crippen molar-refractivity contribution in [3.63, 3.8) is 0 Å². The predicted octanol–water partition coefficient (Wildman–Crippen LogP) is 2.87. The molecule has 2 unspecified atom stereocenters. The molecule has 0 fully saturated rings. The molecule has 3 N–H and O–H groups in total. The fourth-order valence-corrected chi connectivity index (χ4v) is 2.14. The SMILES string of the molecule is COc1ccc2cc(C(O)C(N)C(C)C)ccc2c1. The van der Waals surface area contributed by atoms with E-state index in [9.17, 15) is 5.11 Å². The Morgan fingerprint density at radius 1 is 1.05 bits per heavy atom. The number of rotatable bonds is 4. The third kappa shape index (κ3) is 2.88. The Balaban J connectivity index is 2.36. The summed E-state index contributed by atoms with van der Waals surface area (Å²) >= 11 is 0. The number of aliphatic hydroxyl groups is 1. The molecule has 0 amide bonds. The van der Waals surface area contributed by atoms with E-state index in [1.54, 1.807) is 7.11 Å². The zero-order chi connectivity index (χ0) is 14.0. The van der Waals surface area contributed by atoms with Crippen molar-refractivity contribution >= 4 is 10.8 Å². The lowest BCUT2D eigenvalue weighted by Gasteiger charge is -2.22. The van der Waals surface area contributed by atoms with E-state index < -0.39 is 6.10 Å². The highest BCUT2D eigenvalue weighted by Crippen LogP contribution is 2.26. The number of aliphatic hydroxyl groups excluding tert-OH is 1. The fourth-order valence-electron chi connectivity index (χ4n) is 2.14. The Labute approximate surface area is 114 Å². The number of nitrogens with two attached hydrogens (primary N) is 1. The van der Waals surface area contributed by atoms with Gasteiger partial charge in [-0.15, -0.1) is 0 Å². The van der Waals surface area contributed by atoms with Crippen LogP contribution >= 0.6 is 0 Å². The molecule has 2 aromatic rings. The van der Waals surface area contributed by atoms with Crippen molar-refractivity contribution in [2.45, 2.75) is 26.0 Å². The van der Waals surface area contributed by atoms with Crippen LogP contribution in [0, 0.1) is 5.92 Å². The molecule has 0 saturated heterocycles. The van der Waals surface area contributed by atoms with Gasteiger partial charge >= 0.3 is 0 Å². The molecule has 0 heterocycles. The van der Waals surface area contributed by atoms with Gasteiger partial charge in [-0.2, -0.15) is 0 Å². The number of ether oxygens (including phenoxy) is 1. The third-order valence-electron chi connectivity index (χ3n) is 3.55. The molecule has 0 aliphatic rings. The first kappa shape index (κ1) is 13.8. The van der Waals surface area contributed by atoms with Crippen molar-refractivity contribution in [3.05, 3.63) is 42.0 Å². The van der Waals surface area contributed by atoms with Crippen LogP contribution in [-0.2, 0) is 0 Å². The predicted molar refractivity (Wildman–Crippen MR) is 78.3 cm³/mol. The van der Waals surface area contributed by atoms with Crippen molar-refractivity contribution in [2.75, 3.05) is 7.11 Å². The van der Waals surface area contributed by atoms with Crippen LogP contribution in [-0.4, -0.2) is 18.3 Å². The average Bonchev–Trinajstić information content (AvgIpc) is 2.44. The van der Waals surface area contributed by atoms with Crippen LogP contribution in [0.2, 0.25) is 0 Å². The van der Waals surface area contributed by atoms with Gasteiger partial charge in [0.05, 0.1) is 13.2 Å². The van der Waals surface area contributed by atoms with Gasteiger partial charge in [0.1, 0.15) is 5.75 Å². The zero-order valence-corrected chi connectivity index (χ0v) is 11.6. The Morgan fingerprint density at radius 3 is 2.32 bits per heavy atom. The van der Waals surface area contributed by atoms with Gasteiger partial charge in [0, 0.05) is 6.04 Å². The Kier molecular flexibility index (Phi) is 4.08. The standard InChI is InChI=1S/C16H21NO2/c1-10(2)15(17)16(18)13-5-4-12-9-14(19-3)7-6-11(12)8-13/h4-10,15-16,18H,17H2,1-3H3. The molecule has 0 aliphatic carbocycles. The van der Waals surface area contributed by atoms with E-state index in [2.05, 4.69) is 0 Å². The lowest BCUT2D eigenvalue weighted by Crippen LogP contribution is -2.33. The minimum absolute atomic E-state index is 0.238. The maximum absolute atomic E-state index is 10.3. The molecule has 0 radical (unpaired) electrons. The highest BCUT2D eigenvalue weighted by Gasteiger charge is 2.20. The first-order chi connectivity index (χ1) is 9.02. The first-order valence-electron chi connectivity index (χ1n) is 6.54. The molecule has 3 heteroatoms. The average molecular weight is 259 g/mol. The maximum Gasteiger partial charge on any atom is 0.119 e. The van der Waals surface area contributed by atoms with Crippen molar-refractivity contribution in [3.8, 4) is 5.75 Å². The smallest absolute Gasteiger partial charge is 0.119 e. The summed E-state index contributed by atoms with van der Waals surface area (Å²) < 4.78 is 5.20. The quantitative estimate of drug-likeness (QED) is 0.887. The highest BCUT2D eigenvalue weighted by molar-refractivity contribution is 5.84.